The Morgan fingerprint density at radius 1 is 1.50 bits per heavy atom. The van der Waals surface area contributed by atoms with Crippen molar-refractivity contribution >= 4 is 5.91 Å². The summed E-state index contributed by atoms with van der Waals surface area (Å²) in [7, 11) is 0. The van der Waals surface area contributed by atoms with Crippen molar-refractivity contribution in [2.45, 2.75) is 27.7 Å². The Morgan fingerprint density at radius 3 is 2.57 bits per heavy atom. The number of hydrogen-bond donors (Lipinski definition) is 2. The second-order valence-corrected chi connectivity index (χ2v) is 3.91. The van der Waals surface area contributed by atoms with Crippen LogP contribution in [0.2, 0.25) is 0 Å². The number of aromatic amines is 1. The van der Waals surface area contributed by atoms with E-state index in [1.165, 1.54) is 0 Å². The minimum atomic E-state index is -0.0394. The van der Waals surface area contributed by atoms with E-state index in [0.29, 0.717) is 18.0 Å². The van der Waals surface area contributed by atoms with Gasteiger partial charge < -0.3 is 5.32 Å². The maximum absolute atomic E-state index is 11.7. The van der Waals surface area contributed by atoms with E-state index < -0.39 is 0 Å². The van der Waals surface area contributed by atoms with Gasteiger partial charge in [0, 0.05) is 12.2 Å². The number of rotatable bonds is 3. The van der Waals surface area contributed by atoms with Crippen LogP contribution in [0.1, 0.15) is 35.6 Å². The van der Waals surface area contributed by atoms with Crippen LogP contribution >= 0.6 is 0 Å². The van der Waals surface area contributed by atoms with Gasteiger partial charge in [0.25, 0.3) is 5.91 Å². The fraction of sp³-hybridized carbons (Fsp3) is 0.600. The molecule has 4 nitrogen and oxygen atoms in total. The maximum Gasteiger partial charge on any atom is 0.255 e. The zero-order valence-corrected chi connectivity index (χ0v) is 9.14. The highest BCUT2D eigenvalue weighted by molar-refractivity contribution is 5.96. The van der Waals surface area contributed by atoms with Gasteiger partial charge in [0.05, 0.1) is 11.3 Å². The van der Waals surface area contributed by atoms with Gasteiger partial charge in [-0.1, -0.05) is 13.8 Å². The van der Waals surface area contributed by atoms with Crippen molar-refractivity contribution in [3.63, 3.8) is 0 Å². The third-order valence-electron chi connectivity index (χ3n) is 2.03. The van der Waals surface area contributed by atoms with Gasteiger partial charge in [-0.2, -0.15) is 5.10 Å². The lowest BCUT2D eigenvalue weighted by atomic mass is 10.1. The molecule has 0 fully saturated rings. The lowest BCUT2D eigenvalue weighted by Crippen LogP contribution is -2.28. The first kappa shape index (κ1) is 10.8. The van der Waals surface area contributed by atoms with Crippen LogP contribution in [0.15, 0.2) is 0 Å². The Balaban J connectivity index is 2.70. The molecule has 0 radical (unpaired) electrons. The summed E-state index contributed by atoms with van der Waals surface area (Å²) < 4.78 is 0. The standard InChI is InChI=1S/C10H17N3O/c1-6(2)5-11-10(14)9-7(3)12-13-8(9)4/h6H,5H2,1-4H3,(H,11,14)(H,12,13). The highest BCUT2D eigenvalue weighted by Gasteiger charge is 2.14. The summed E-state index contributed by atoms with van der Waals surface area (Å²) in [5.74, 6) is 0.425. The first-order valence-corrected chi connectivity index (χ1v) is 4.82. The van der Waals surface area contributed by atoms with Crippen molar-refractivity contribution in [1.29, 1.82) is 0 Å². The van der Waals surface area contributed by atoms with Crippen LogP contribution in [-0.4, -0.2) is 22.6 Å². The van der Waals surface area contributed by atoms with Gasteiger partial charge in [-0.25, -0.2) is 0 Å². The highest BCUT2D eigenvalue weighted by Crippen LogP contribution is 2.08. The van der Waals surface area contributed by atoms with Crippen LogP contribution in [0.25, 0.3) is 0 Å². The third-order valence-corrected chi connectivity index (χ3v) is 2.03. The normalized spacial score (nSPS) is 10.6. The Morgan fingerprint density at radius 2 is 2.14 bits per heavy atom. The van der Waals surface area contributed by atoms with Gasteiger partial charge >= 0.3 is 0 Å². The molecule has 0 saturated carbocycles. The molecule has 0 aromatic carbocycles. The number of hydrogen-bond acceptors (Lipinski definition) is 2. The Labute approximate surface area is 84.1 Å². The minimum absolute atomic E-state index is 0.0394. The van der Waals surface area contributed by atoms with E-state index in [1.54, 1.807) is 0 Å². The lowest BCUT2D eigenvalue weighted by Gasteiger charge is -2.07. The smallest absolute Gasteiger partial charge is 0.255 e. The Bertz CT molecular complexity index is 309. The van der Waals surface area contributed by atoms with Crippen LogP contribution in [0, 0.1) is 19.8 Å². The molecule has 0 atom stereocenters. The zero-order chi connectivity index (χ0) is 10.7. The Kier molecular flexibility index (Phi) is 3.28. The van der Waals surface area contributed by atoms with Gasteiger partial charge in [-0.3, -0.25) is 9.89 Å². The summed E-state index contributed by atoms with van der Waals surface area (Å²) in [6, 6.07) is 0. The number of carbonyl (C=O) groups excluding carboxylic acids is 1. The van der Waals surface area contributed by atoms with Crippen molar-refractivity contribution < 1.29 is 4.79 Å². The lowest BCUT2D eigenvalue weighted by molar-refractivity contribution is 0.0948. The molecule has 78 valence electrons. The average molecular weight is 195 g/mol. The molecule has 1 rings (SSSR count). The largest absolute Gasteiger partial charge is 0.352 e. The number of carbonyl (C=O) groups is 1. The van der Waals surface area contributed by atoms with Crippen molar-refractivity contribution in [1.82, 2.24) is 15.5 Å². The first-order chi connectivity index (χ1) is 6.52. The van der Waals surface area contributed by atoms with Gasteiger partial charge in [0.2, 0.25) is 0 Å². The van der Waals surface area contributed by atoms with Gasteiger partial charge in [-0.05, 0) is 19.8 Å². The molecular weight excluding hydrogens is 178 g/mol. The average Bonchev–Trinajstić information content (AvgIpc) is 2.42. The molecule has 0 aliphatic heterocycles. The molecule has 0 bridgehead atoms. The topological polar surface area (TPSA) is 57.8 Å². The molecule has 2 N–H and O–H groups in total. The van der Waals surface area contributed by atoms with E-state index in [9.17, 15) is 4.79 Å². The predicted octanol–water partition coefficient (Wildman–Crippen LogP) is 1.41. The van der Waals surface area contributed by atoms with E-state index in [0.717, 1.165) is 11.4 Å². The summed E-state index contributed by atoms with van der Waals surface area (Å²) in [6.07, 6.45) is 0. The Hall–Kier alpha value is -1.32. The fourth-order valence-electron chi connectivity index (χ4n) is 1.27. The summed E-state index contributed by atoms with van der Waals surface area (Å²) in [6.45, 7) is 8.51. The number of amides is 1. The van der Waals surface area contributed by atoms with Crippen molar-refractivity contribution in [2.24, 2.45) is 5.92 Å². The van der Waals surface area contributed by atoms with Crippen molar-refractivity contribution in [3.05, 3.63) is 17.0 Å². The van der Waals surface area contributed by atoms with E-state index >= 15 is 0 Å². The van der Waals surface area contributed by atoms with Gasteiger partial charge in [-0.15, -0.1) is 0 Å². The molecular formula is C10H17N3O. The summed E-state index contributed by atoms with van der Waals surface area (Å²) in [5.41, 5.74) is 2.25. The van der Waals surface area contributed by atoms with Crippen LogP contribution in [0.3, 0.4) is 0 Å². The SMILES string of the molecule is Cc1n[nH]c(C)c1C(=O)NCC(C)C. The molecule has 4 heteroatoms. The van der Waals surface area contributed by atoms with E-state index in [2.05, 4.69) is 29.4 Å². The molecule has 0 aliphatic rings. The van der Waals surface area contributed by atoms with Crippen molar-refractivity contribution in [2.75, 3.05) is 6.54 Å². The minimum Gasteiger partial charge on any atom is -0.352 e. The fourth-order valence-corrected chi connectivity index (χ4v) is 1.27. The zero-order valence-electron chi connectivity index (χ0n) is 9.14. The maximum atomic E-state index is 11.7. The third kappa shape index (κ3) is 2.34. The number of nitrogens with zero attached hydrogens (tertiary/aromatic N) is 1. The number of aromatic nitrogens is 2. The van der Waals surface area contributed by atoms with E-state index in [1.807, 2.05) is 13.8 Å². The summed E-state index contributed by atoms with van der Waals surface area (Å²) >= 11 is 0. The van der Waals surface area contributed by atoms with Crippen LogP contribution < -0.4 is 5.32 Å². The van der Waals surface area contributed by atoms with Crippen molar-refractivity contribution in [3.8, 4) is 0 Å². The molecule has 1 heterocycles. The molecule has 0 saturated heterocycles. The number of H-pyrrole nitrogens is 1. The molecule has 1 aromatic heterocycles. The number of aryl methyl sites for hydroxylation is 2. The monoisotopic (exact) mass is 195 g/mol. The number of nitrogens with one attached hydrogen (secondary N) is 2. The molecule has 0 spiro atoms. The summed E-state index contributed by atoms with van der Waals surface area (Å²) in [5, 5.41) is 9.64. The second-order valence-electron chi connectivity index (χ2n) is 3.91. The molecule has 14 heavy (non-hydrogen) atoms. The summed E-state index contributed by atoms with van der Waals surface area (Å²) in [4.78, 5) is 11.7. The van der Waals surface area contributed by atoms with Crippen LogP contribution in [-0.2, 0) is 0 Å². The second kappa shape index (κ2) is 4.26. The predicted molar refractivity (Wildman–Crippen MR) is 55.2 cm³/mol. The highest BCUT2D eigenvalue weighted by atomic mass is 16.1. The quantitative estimate of drug-likeness (QED) is 0.766. The molecule has 1 aromatic rings. The van der Waals surface area contributed by atoms with E-state index in [-0.39, 0.29) is 5.91 Å². The van der Waals surface area contributed by atoms with E-state index in [4.69, 9.17) is 0 Å². The molecule has 1 amide bonds. The first-order valence-electron chi connectivity index (χ1n) is 4.82. The van der Waals surface area contributed by atoms with Crippen LogP contribution in [0.5, 0.6) is 0 Å². The van der Waals surface area contributed by atoms with Gasteiger partial charge in [0.1, 0.15) is 0 Å². The van der Waals surface area contributed by atoms with Crippen LogP contribution in [0.4, 0.5) is 0 Å². The molecule has 0 aliphatic carbocycles. The molecule has 0 unspecified atom stereocenters. The van der Waals surface area contributed by atoms with Gasteiger partial charge in [0.15, 0.2) is 0 Å².